The number of likely N-dealkylation sites (N-methyl/N-ethyl adjacent to an activating group) is 1. The number of hydrogen-bond acceptors (Lipinski definition) is 9. The highest BCUT2D eigenvalue weighted by Gasteiger charge is 2.24. The maximum Gasteiger partial charge on any atom is 0.330 e. The zero-order valence-corrected chi connectivity index (χ0v) is 20.9. The minimum atomic E-state index is -0.803. The number of esters is 1. The molecule has 12 heteroatoms. The Morgan fingerprint density at radius 3 is 2.57 bits per heavy atom. The lowest BCUT2D eigenvalue weighted by atomic mass is 10.2. The van der Waals surface area contributed by atoms with Crippen molar-refractivity contribution in [1.82, 2.24) is 9.55 Å². The summed E-state index contributed by atoms with van der Waals surface area (Å²) in [6, 6.07) is 14.4. The molecule has 0 spiro atoms. The highest BCUT2D eigenvalue weighted by Crippen LogP contribution is 2.34. The maximum atomic E-state index is 12.9. The molecule has 1 aliphatic heterocycles. The number of rotatable bonds is 9. The quantitative estimate of drug-likeness (QED) is 0.314. The van der Waals surface area contributed by atoms with Crippen molar-refractivity contribution in [3.63, 3.8) is 0 Å². The SMILES string of the molecule is CCN(C(=O)COC(=O)CSc1ccc2c(c1)OCCO2)c1c(N)n(Cc2ccccc2)c(=O)[nH]c1=O. The van der Waals surface area contributed by atoms with Crippen LogP contribution < -0.4 is 31.4 Å². The van der Waals surface area contributed by atoms with Gasteiger partial charge in [-0.05, 0) is 30.7 Å². The fraction of sp³-hybridized carbons (Fsp3) is 0.280. The van der Waals surface area contributed by atoms with Gasteiger partial charge in [0, 0.05) is 11.4 Å². The number of ether oxygens (including phenoxy) is 3. The molecule has 0 saturated heterocycles. The van der Waals surface area contributed by atoms with Crippen molar-refractivity contribution in [2.75, 3.05) is 42.8 Å². The van der Waals surface area contributed by atoms with Crippen LogP contribution in [0.3, 0.4) is 0 Å². The molecule has 0 fully saturated rings. The number of aromatic amines is 1. The first-order chi connectivity index (χ1) is 17.9. The summed E-state index contributed by atoms with van der Waals surface area (Å²) >= 11 is 1.22. The second kappa shape index (κ2) is 11.7. The predicted molar refractivity (Wildman–Crippen MR) is 138 cm³/mol. The molecule has 1 aromatic heterocycles. The molecule has 11 nitrogen and oxygen atoms in total. The minimum Gasteiger partial charge on any atom is -0.486 e. The lowest BCUT2D eigenvalue weighted by molar-refractivity contribution is -0.145. The average molecular weight is 527 g/mol. The van der Waals surface area contributed by atoms with Gasteiger partial charge in [-0.15, -0.1) is 11.8 Å². The molecule has 0 aliphatic carbocycles. The van der Waals surface area contributed by atoms with Gasteiger partial charge in [-0.2, -0.15) is 0 Å². The number of H-pyrrole nitrogens is 1. The largest absolute Gasteiger partial charge is 0.486 e. The number of nitrogens with zero attached hydrogens (tertiary/aromatic N) is 2. The summed E-state index contributed by atoms with van der Waals surface area (Å²) in [7, 11) is 0. The van der Waals surface area contributed by atoms with Crippen molar-refractivity contribution in [3.8, 4) is 11.5 Å². The van der Waals surface area contributed by atoms with Gasteiger partial charge in [-0.25, -0.2) is 4.79 Å². The summed E-state index contributed by atoms with van der Waals surface area (Å²) in [6.07, 6.45) is 0. The zero-order chi connectivity index (χ0) is 26.4. The number of carbonyl (C=O) groups is 2. The first-order valence-electron chi connectivity index (χ1n) is 11.5. The Labute approximate surface area is 216 Å². The van der Waals surface area contributed by atoms with Crippen LogP contribution in [-0.2, 0) is 20.9 Å². The first-order valence-corrected chi connectivity index (χ1v) is 12.5. The first kappa shape index (κ1) is 25.9. The normalized spacial score (nSPS) is 12.1. The number of carbonyl (C=O) groups excluding carboxylic acids is 2. The van der Waals surface area contributed by atoms with E-state index in [9.17, 15) is 19.2 Å². The van der Waals surface area contributed by atoms with Gasteiger partial charge in [0.15, 0.2) is 23.8 Å². The van der Waals surface area contributed by atoms with Crippen molar-refractivity contribution in [1.29, 1.82) is 0 Å². The average Bonchev–Trinajstić information content (AvgIpc) is 2.91. The molecule has 4 rings (SSSR count). The molecule has 0 atom stereocenters. The summed E-state index contributed by atoms with van der Waals surface area (Å²) in [5.74, 6) is -0.206. The number of benzene rings is 2. The number of nitrogen functional groups attached to an aromatic ring is 1. The molecule has 0 radical (unpaired) electrons. The third kappa shape index (κ3) is 6.15. The number of hydrogen-bond donors (Lipinski definition) is 2. The van der Waals surface area contributed by atoms with E-state index in [1.165, 1.54) is 16.3 Å². The number of aromatic nitrogens is 2. The van der Waals surface area contributed by atoms with Crippen molar-refractivity contribution < 1.29 is 23.8 Å². The number of nitrogens with one attached hydrogen (secondary N) is 1. The van der Waals surface area contributed by atoms with E-state index in [4.69, 9.17) is 19.9 Å². The number of anilines is 2. The van der Waals surface area contributed by atoms with Gasteiger partial charge >= 0.3 is 11.7 Å². The van der Waals surface area contributed by atoms with E-state index in [0.717, 1.165) is 15.4 Å². The molecular formula is C25H26N4O7S. The van der Waals surface area contributed by atoms with E-state index in [-0.39, 0.29) is 30.3 Å². The van der Waals surface area contributed by atoms with Crippen LogP contribution in [0.2, 0.25) is 0 Å². The number of amides is 1. The Kier molecular flexibility index (Phi) is 8.18. The van der Waals surface area contributed by atoms with Gasteiger partial charge in [0.1, 0.15) is 19.0 Å². The highest BCUT2D eigenvalue weighted by atomic mass is 32.2. The topological polar surface area (TPSA) is 146 Å². The molecule has 0 bridgehead atoms. The van der Waals surface area contributed by atoms with Crippen LogP contribution in [0.4, 0.5) is 11.5 Å². The van der Waals surface area contributed by atoms with Crippen LogP contribution in [0, 0.1) is 0 Å². The standard InChI is InChI=1S/C25H26N4O7S/c1-2-28(22-23(26)29(25(33)27-24(22)32)13-16-6-4-3-5-7-16)20(30)14-36-21(31)15-37-17-8-9-18-19(12-17)35-11-10-34-18/h3-9,12H,2,10-11,13-15,26H2,1H3,(H,27,32,33). The summed E-state index contributed by atoms with van der Waals surface area (Å²) in [5.41, 5.74) is 5.30. The maximum absolute atomic E-state index is 12.9. The molecule has 0 unspecified atom stereocenters. The summed E-state index contributed by atoms with van der Waals surface area (Å²) in [4.78, 5) is 54.3. The van der Waals surface area contributed by atoms with Crippen LogP contribution in [0.5, 0.6) is 11.5 Å². The Hall–Kier alpha value is -4.19. The van der Waals surface area contributed by atoms with E-state index < -0.39 is 29.7 Å². The van der Waals surface area contributed by atoms with Gasteiger partial charge in [0.05, 0.1) is 12.3 Å². The Morgan fingerprint density at radius 2 is 1.84 bits per heavy atom. The number of thioether (sulfide) groups is 1. The molecule has 3 N–H and O–H groups in total. The highest BCUT2D eigenvalue weighted by molar-refractivity contribution is 8.00. The van der Waals surface area contributed by atoms with Gasteiger partial charge in [-0.3, -0.25) is 23.9 Å². The van der Waals surface area contributed by atoms with E-state index in [1.807, 2.05) is 30.3 Å². The van der Waals surface area contributed by atoms with Crippen molar-refractivity contribution in [2.24, 2.45) is 0 Å². The Morgan fingerprint density at radius 1 is 1.11 bits per heavy atom. The fourth-order valence-electron chi connectivity index (χ4n) is 3.74. The summed E-state index contributed by atoms with van der Waals surface area (Å²) in [6.45, 7) is 2.16. The fourth-order valence-corrected chi connectivity index (χ4v) is 4.46. The molecular weight excluding hydrogens is 500 g/mol. The number of nitrogens with two attached hydrogens (primary N) is 1. The van der Waals surface area contributed by atoms with Gasteiger partial charge in [0.2, 0.25) is 0 Å². The number of fused-ring (bicyclic) bond motifs is 1. The second-order valence-electron chi connectivity index (χ2n) is 7.96. The summed E-state index contributed by atoms with van der Waals surface area (Å²) < 4.78 is 17.3. The molecule has 2 aromatic carbocycles. The van der Waals surface area contributed by atoms with Gasteiger partial charge in [0.25, 0.3) is 11.5 Å². The monoisotopic (exact) mass is 526 g/mol. The molecule has 1 aliphatic rings. The molecule has 194 valence electrons. The smallest absolute Gasteiger partial charge is 0.330 e. The minimum absolute atomic E-state index is 0.0380. The third-order valence-electron chi connectivity index (χ3n) is 5.51. The van der Waals surface area contributed by atoms with E-state index in [0.29, 0.717) is 24.7 Å². The van der Waals surface area contributed by atoms with Crippen molar-refractivity contribution in [3.05, 3.63) is 74.9 Å². The molecule has 1 amide bonds. The van der Waals surface area contributed by atoms with Crippen molar-refractivity contribution in [2.45, 2.75) is 18.4 Å². The van der Waals surface area contributed by atoms with Crippen LogP contribution in [0.1, 0.15) is 12.5 Å². The van der Waals surface area contributed by atoms with Crippen LogP contribution in [0.15, 0.2) is 63.0 Å². The molecule has 2 heterocycles. The Bertz CT molecular complexity index is 1400. The zero-order valence-electron chi connectivity index (χ0n) is 20.1. The third-order valence-corrected chi connectivity index (χ3v) is 6.48. The lowest BCUT2D eigenvalue weighted by Gasteiger charge is -2.23. The molecule has 37 heavy (non-hydrogen) atoms. The van der Waals surface area contributed by atoms with Crippen LogP contribution >= 0.6 is 11.8 Å². The van der Waals surface area contributed by atoms with Gasteiger partial charge in [-0.1, -0.05) is 30.3 Å². The summed E-state index contributed by atoms with van der Waals surface area (Å²) in [5, 5.41) is 0. The van der Waals surface area contributed by atoms with Crippen molar-refractivity contribution >= 4 is 35.1 Å². The van der Waals surface area contributed by atoms with Gasteiger partial charge < -0.3 is 24.8 Å². The van der Waals surface area contributed by atoms with E-state index in [2.05, 4.69) is 4.98 Å². The molecule has 0 saturated carbocycles. The van der Waals surface area contributed by atoms with E-state index >= 15 is 0 Å². The van der Waals surface area contributed by atoms with Crippen LogP contribution in [-0.4, -0.2) is 53.5 Å². The second-order valence-corrected chi connectivity index (χ2v) is 9.01. The van der Waals surface area contributed by atoms with E-state index in [1.54, 1.807) is 25.1 Å². The molecule has 3 aromatic rings. The van der Waals surface area contributed by atoms with Crippen LogP contribution in [0.25, 0.3) is 0 Å². The Balaban J connectivity index is 1.40. The predicted octanol–water partition coefficient (Wildman–Crippen LogP) is 1.63. The lowest BCUT2D eigenvalue weighted by Crippen LogP contribution is -2.42.